The lowest BCUT2D eigenvalue weighted by Crippen LogP contribution is -2.22. The van der Waals surface area contributed by atoms with Crippen LogP contribution in [0.1, 0.15) is 6.92 Å². The quantitative estimate of drug-likeness (QED) is 0.851. The van der Waals surface area contributed by atoms with Gasteiger partial charge in [-0.3, -0.25) is 4.79 Å². The van der Waals surface area contributed by atoms with Gasteiger partial charge in [0, 0.05) is 17.8 Å². The first-order chi connectivity index (χ1) is 11.7. The highest BCUT2D eigenvalue weighted by Gasteiger charge is 2.14. The molecule has 2 N–H and O–H groups in total. The molecule has 3 rings (SSSR count). The van der Waals surface area contributed by atoms with E-state index >= 15 is 0 Å². The van der Waals surface area contributed by atoms with E-state index in [1.165, 1.54) is 18.2 Å². The summed E-state index contributed by atoms with van der Waals surface area (Å²) in [5.74, 6) is 0.972. The molecule has 0 fully saturated rings. The van der Waals surface area contributed by atoms with Crippen LogP contribution in [0.4, 0.5) is 15.8 Å². The van der Waals surface area contributed by atoms with Crippen molar-refractivity contribution in [1.82, 2.24) is 0 Å². The lowest BCUT2D eigenvalue weighted by atomic mass is 10.2. The molecule has 0 aromatic heterocycles. The maximum Gasteiger partial charge on any atom is 0.243 e. The molecule has 0 unspecified atom stereocenters. The highest BCUT2D eigenvalue weighted by atomic mass is 19.1. The molecule has 0 spiro atoms. The third-order valence-corrected chi connectivity index (χ3v) is 3.34. The summed E-state index contributed by atoms with van der Waals surface area (Å²) >= 11 is 0. The Hall–Kier alpha value is -2.96. The van der Waals surface area contributed by atoms with Gasteiger partial charge in [-0.05, 0) is 31.2 Å². The highest BCUT2D eigenvalue weighted by Crippen LogP contribution is 2.34. The van der Waals surface area contributed by atoms with Crippen molar-refractivity contribution >= 4 is 17.3 Å². The van der Waals surface area contributed by atoms with E-state index < -0.39 is 5.82 Å². The first-order valence-corrected chi connectivity index (χ1v) is 7.51. The lowest BCUT2D eigenvalue weighted by molar-refractivity contribution is -0.114. The van der Waals surface area contributed by atoms with Crippen LogP contribution in [0.2, 0.25) is 0 Å². The molecular weight excluding hydrogens is 315 g/mol. The second-order valence-electron chi connectivity index (χ2n) is 5.04. The maximum atomic E-state index is 13.3. The van der Waals surface area contributed by atoms with E-state index in [0.29, 0.717) is 35.2 Å². The Labute approximate surface area is 138 Å². The summed E-state index contributed by atoms with van der Waals surface area (Å²) in [7, 11) is 0. The summed E-state index contributed by atoms with van der Waals surface area (Å²) in [6.45, 7) is 2.40. The van der Waals surface area contributed by atoms with E-state index in [4.69, 9.17) is 14.2 Å². The second-order valence-corrected chi connectivity index (χ2v) is 5.04. The second kappa shape index (κ2) is 7.08. The van der Waals surface area contributed by atoms with E-state index in [2.05, 4.69) is 10.6 Å². The summed E-state index contributed by atoms with van der Waals surface area (Å²) < 4.78 is 29.1. The molecule has 0 radical (unpaired) electrons. The van der Waals surface area contributed by atoms with Gasteiger partial charge in [0.15, 0.2) is 11.5 Å². The maximum absolute atomic E-state index is 13.3. The monoisotopic (exact) mass is 332 g/mol. The van der Waals surface area contributed by atoms with Crippen LogP contribution in [0.5, 0.6) is 17.2 Å². The van der Waals surface area contributed by atoms with E-state index in [1.54, 1.807) is 25.1 Å². The Morgan fingerprint density at radius 2 is 2.04 bits per heavy atom. The van der Waals surface area contributed by atoms with Gasteiger partial charge in [0.05, 0.1) is 18.8 Å². The fourth-order valence-corrected chi connectivity index (χ4v) is 2.27. The molecule has 0 aliphatic carbocycles. The number of hydrogen-bond acceptors (Lipinski definition) is 5. The number of anilines is 2. The van der Waals surface area contributed by atoms with Gasteiger partial charge in [0.25, 0.3) is 0 Å². The number of carbonyl (C=O) groups is 1. The average molecular weight is 332 g/mol. The number of rotatable bonds is 6. The van der Waals surface area contributed by atoms with Gasteiger partial charge in [-0.1, -0.05) is 0 Å². The molecular formula is C17H17FN2O4. The molecule has 1 aliphatic heterocycles. The lowest BCUT2D eigenvalue weighted by Gasteiger charge is -2.12. The minimum atomic E-state index is -0.395. The number of carbonyl (C=O) groups excluding carboxylic acids is 1. The number of halogens is 1. The molecule has 2 aromatic rings. The van der Waals surface area contributed by atoms with Gasteiger partial charge in [0.1, 0.15) is 11.6 Å². The predicted molar refractivity (Wildman–Crippen MR) is 87.3 cm³/mol. The first kappa shape index (κ1) is 15.9. The van der Waals surface area contributed by atoms with Crippen molar-refractivity contribution in [2.24, 2.45) is 0 Å². The SMILES string of the molecule is CCOc1cc(F)ccc1NCC(=O)Nc1ccc2c(c1)OCO2. The minimum absolute atomic E-state index is 0.0140. The van der Waals surface area contributed by atoms with Gasteiger partial charge in [-0.2, -0.15) is 0 Å². The van der Waals surface area contributed by atoms with Crippen LogP contribution in [0.15, 0.2) is 36.4 Å². The van der Waals surface area contributed by atoms with Crippen LogP contribution in [-0.4, -0.2) is 25.9 Å². The topological polar surface area (TPSA) is 68.8 Å². The van der Waals surface area contributed by atoms with Gasteiger partial charge in [-0.25, -0.2) is 4.39 Å². The summed E-state index contributed by atoms with van der Waals surface area (Å²) in [4.78, 5) is 12.1. The number of benzene rings is 2. The molecule has 2 aromatic carbocycles. The van der Waals surface area contributed by atoms with Crippen LogP contribution in [-0.2, 0) is 4.79 Å². The molecule has 0 saturated carbocycles. The molecule has 0 atom stereocenters. The van der Waals surface area contributed by atoms with Crippen LogP contribution in [0, 0.1) is 5.82 Å². The third-order valence-electron chi connectivity index (χ3n) is 3.34. The van der Waals surface area contributed by atoms with Crippen LogP contribution < -0.4 is 24.8 Å². The number of fused-ring (bicyclic) bond motifs is 1. The van der Waals surface area contributed by atoms with E-state index in [-0.39, 0.29) is 19.2 Å². The van der Waals surface area contributed by atoms with Crippen LogP contribution in [0.25, 0.3) is 0 Å². The third kappa shape index (κ3) is 3.68. The largest absolute Gasteiger partial charge is 0.492 e. The predicted octanol–water partition coefficient (Wildman–Crippen LogP) is 3.00. The fourth-order valence-electron chi connectivity index (χ4n) is 2.27. The molecule has 1 amide bonds. The van der Waals surface area contributed by atoms with Crippen molar-refractivity contribution in [3.8, 4) is 17.2 Å². The van der Waals surface area contributed by atoms with Crippen molar-refractivity contribution in [1.29, 1.82) is 0 Å². The molecule has 24 heavy (non-hydrogen) atoms. The minimum Gasteiger partial charge on any atom is -0.492 e. The Bertz CT molecular complexity index is 751. The molecule has 126 valence electrons. The Morgan fingerprint density at radius 1 is 1.21 bits per heavy atom. The van der Waals surface area contributed by atoms with Crippen molar-refractivity contribution in [2.75, 3.05) is 30.6 Å². The number of hydrogen-bond donors (Lipinski definition) is 2. The van der Waals surface area contributed by atoms with Crippen LogP contribution in [0.3, 0.4) is 0 Å². The zero-order valence-corrected chi connectivity index (χ0v) is 13.1. The van der Waals surface area contributed by atoms with E-state index in [9.17, 15) is 9.18 Å². The zero-order chi connectivity index (χ0) is 16.9. The van der Waals surface area contributed by atoms with Gasteiger partial charge in [-0.15, -0.1) is 0 Å². The Balaban J connectivity index is 1.60. The van der Waals surface area contributed by atoms with Crippen molar-refractivity contribution in [2.45, 2.75) is 6.92 Å². The number of ether oxygens (including phenoxy) is 3. The van der Waals surface area contributed by atoms with E-state index in [0.717, 1.165) is 0 Å². The summed E-state index contributed by atoms with van der Waals surface area (Å²) in [5.41, 5.74) is 1.16. The van der Waals surface area contributed by atoms with Crippen LogP contribution >= 0.6 is 0 Å². The van der Waals surface area contributed by atoms with Crippen molar-refractivity contribution in [3.63, 3.8) is 0 Å². The first-order valence-electron chi connectivity index (χ1n) is 7.51. The summed E-state index contributed by atoms with van der Waals surface area (Å²) in [6.07, 6.45) is 0. The molecule has 6 nitrogen and oxygen atoms in total. The fraction of sp³-hybridized carbons (Fsp3) is 0.235. The van der Waals surface area contributed by atoms with Crippen molar-refractivity contribution < 1.29 is 23.4 Å². The zero-order valence-electron chi connectivity index (χ0n) is 13.1. The molecule has 0 bridgehead atoms. The highest BCUT2D eigenvalue weighted by molar-refractivity contribution is 5.94. The van der Waals surface area contributed by atoms with Gasteiger partial charge < -0.3 is 24.8 Å². The molecule has 7 heteroatoms. The van der Waals surface area contributed by atoms with Crippen molar-refractivity contribution in [3.05, 3.63) is 42.2 Å². The molecule has 1 aliphatic rings. The smallest absolute Gasteiger partial charge is 0.243 e. The Morgan fingerprint density at radius 3 is 2.88 bits per heavy atom. The summed E-state index contributed by atoms with van der Waals surface area (Å²) in [6, 6.07) is 9.29. The number of amides is 1. The van der Waals surface area contributed by atoms with E-state index in [1.807, 2.05) is 0 Å². The molecule has 1 heterocycles. The van der Waals surface area contributed by atoms with Gasteiger partial charge >= 0.3 is 0 Å². The number of nitrogens with one attached hydrogen (secondary N) is 2. The summed E-state index contributed by atoms with van der Waals surface area (Å²) in [5, 5.41) is 5.69. The average Bonchev–Trinajstić information content (AvgIpc) is 3.02. The standard InChI is InChI=1S/C17H17FN2O4/c1-2-22-15-7-11(18)3-5-13(15)19-9-17(21)20-12-4-6-14-16(8-12)24-10-23-14/h3-8,19H,2,9-10H2,1H3,(H,20,21). The van der Waals surface area contributed by atoms with Gasteiger partial charge in [0.2, 0.25) is 12.7 Å². The Kier molecular flexibility index (Phi) is 4.69. The molecule has 0 saturated heterocycles. The normalized spacial score (nSPS) is 11.9.